The van der Waals surface area contributed by atoms with Crippen LogP contribution in [0.2, 0.25) is 0 Å². The van der Waals surface area contributed by atoms with Gasteiger partial charge in [0.2, 0.25) is 0 Å². The van der Waals surface area contributed by atoms with Crippen molar-refractivity contribution in [1.82, 2.24) is 4.57 Å². The second-order valence-electron chi connectivity index (χ2n) is 3.70. The van der Waals surface area contributed by atoms with Gasteiger partial charge in [0.25, 0.3) is 0 Å². The number of aromatic nitrogens is 1. The summed E-state index contributed by atoms with van der Waals surface area (Å²) in [6, 6.07) is 9.89. The van der Waals surface area contributed by atoms with Crippen LogP contribution in [0.25, 0.3) is 0 Å². The van der Waals surface area contributed by atoms with E-state index in [1.165, 1.54) is 5.56 Å². The standard InChI is InChI=1S/C13H15NO2/c1-16-13-4-2-3-11(7-13)8-14-6-5-12(9-14)10-15/h2-7,9,15H,8,10H2,1H3. The van der Waals surface area contributed by atoms with Gasteiger partial charge in [-0.25, -0.2) is 0 Å². The molecule has 16 heavy (non-hydrogen) atoms. The van der Waals surface area contributed by atoms with E-state index in [0.717, 1.165) is 17.9 Å². The number of ether oxygens (including phenoxy) is 1. The molecule has 0 amide bonds. The molecule has 0 unspecified atom stereocenters. The van der Waals surface area contributed by atoms with Crippen molar-refractivity contribution < 1.29 is 9.84 Å². The highest BCUT2D eigenvalue weighted by Crippen LogP contribution is 2.14. The summed E-state index contributed by atoms with van der Waals surface area (Å²) in [6.45, 7) is 0.877. The van der Waals surface area contributed by atoms with Crippen molar-refractivity contribution in [3.63, 3.8) is 0 Å². The molecule has 0 aliphatic carbocycles. The Hall–Kier alpha value is -1.74. The fraction of sp³-hybridized carbons (Fsp3) is 0.231. The van der Waals surface area contributed by atoms with E-state index in [1.807, 2.05) is 41.2 Å². The van der Waals surface area contributed by atoms with Crippen LogP contribution in [0.3, 0.4) is 0 Å². The summed E-state index contributed by atoms with van der Waals surface area (Å²) in [6.07, 6.45) is 3.91. The van der Waals surface area contributed by atoms with Crippen LogP contribution in [0.1, 0.15) is 11.1 Å². The monoisotopic (exact) mass is 217 g/mol. The van der Waals surface area contributed by atoms with Crippen LogP contribution in [0.5, 0.6) is 5.75 Å². The number of hydrogen-bond donors (Lipinski definition) is 1. The van der Waals surface area contributed by atoms with Crippen LogP contribution in [0.15, 0.2) is 42.7 Å². The third-order valence-electron chi connectivity index (χ3n) is 2.49. The number of nitrogens with zero attached hydrogens (tertiary/aromatic N) is 1. The molecule has 2 aromatic rings. The first-order valence-corrected chi connectivity index (χ1v) is 5.20. The molecule has 1 aromatic carbocycles. The van der Waals surface area contributed by atoms with Gasteiger partial charge in [-0.05, 0) is 29.3 Å². The number of hydrogen-bond acceptors (Lipinski definition) is 2. The molecule has 0 aliphatic heterocycles. The average Bonchev–Trinajstić information content (AvgIpc) is 2.77. The minimum Gasteiger partial charge on any atom is -0.497 e. The van der Waals surface area contributed by atoms with Crippen molar-refractivity contribution in [3.8, 4) is 5.75 Å². The summed E-state index contributed by atoms with van der Waals surface area (Å²) in [5.41, 5.74) is 2.11. The molecule has 0 atom stereocenters. The molecule has 1 heterocycles. The van der Waals surface area contributed by atoms with Gasteiger partial charge in [-0.15, -0.1) is 0 Å². The maximum absolute atomic E-state index is 8.97. The lowest BCUT2D eigenvalue weighted by molar-refractivity contribution is 0.282. The molecule has 1 N–H and O–H groups in total. The Bertz CT molecular complexity index is 462. The predicted octanol–water partition coefficient (Wildman–Crippen LogP) is 2.04. The third kappa shape index (κ3) is 2.44. The Balaban J connectivity index is 2.13. The molecule has 0 fully saturated rings. The minimum atomic E-state index is 0.0884. The summed E-state index contributed by atoms with van der Waals surface area (Å²) in [5.74, 6) is 0.868. The fourth-order valence-electron chi connectivity index (χ4n) is 1.66. The quantitative estimate of drug-likeness (QED) is 0.850. The lowest BCUT2D eigenvalue weighted by Gasteiger charge is -2.05. The van der Waals surface area contributed by atoms with E-state index in [-0.39, 0.29) is 6.61 Å². The highest BCUT2D eigenvalue weighted by atomic mass is 16.5. The predicted molar refractivity (Wildman–Crippen MR) is 62.5 cm³/mol. The van der Waals surface area contributed by atoms with E-state index in [9.17, 15) is 0 Å². The van der Waals surface area contributed by atoms with Crippen LogP contribution in [-0.2, 0) is 13.2 Å². The van der Waals surface area contributed by atoms with Gasteiger partial charge >= 0.3 is 0 Å². The number of rotatable bonds is 4. The van der Waals surface area contributed by atoms with Crippen LogP contribution in [-0.4, -0.2) is 16.8 Å². The molecule has 0 aliphatic rings. The molecule has 0 saturated carbocycles. The van der Waals surface area contributed by atoms with Crippen LogP contribution in [0, 0.1) is 0 Å². The van der Waals surface area contributed by atoms with E-state index in [4.69, 9.17) is 9.84 Å². The Morgan fingerprint density at radius 1 is 1.25 bits per heavy atom. The summed E-state index contributed by atoms with van der Waals surface area (Å²) < 4.78 is 7.21. The molecule has 1 aromatic heterocycles. The molecule has 0 bridgehead atoms. The van der Waals surface area contributed by atoms with Gasteiger partial charge < -0.3 is 14.4 Å². The maximum Gasteiger partial charge on any atom is 0.119 e. The van der Waals surface area contributed by atoms with Crippen LogP contribution >= 0.6 is 0 Å². The van der Waals surface area contributed by atoms with E-state index in [1.54, 1.807) is 7.11 Å². The summed E-state index contributed by atoms with van der Waals surface area (Å²) >= 11 is 0. The highest BCUT2D eigenvalue weighted by Gasteiger charge is 1.98. The van der Waals surface area contributed by atoms with E-state index >= 15 is 0 Å². The minimum absolute atomic E-state index is 0.0884. The second kappa shape index (κ2) is 4.86. The summed E-state index contributed by atoms with van der Waals surface area (Å²) in [4.78, 5) is 0. The average molecular weight is 217 g/mol. The first kappa shape index (κ1) is 10.8. The fourth-order valence-corrected chi connectivity index (χ4v) is 1.66. The largest absolute Gasteiger partial charge is 0.497 e. The Labute approximate surface area is 94.9 Å². The lowest BCUT2D eigenvalue weighted by Crippen LogP contribution is -1.96. The topological polar surface area (TPSA) is 34.4 Å². The highest BCUT2D eigenvalue weighted by molar-refractivity contribution is 5.28. The molecular weight excluding hydrogens is 202 g/mol. The van der Waals surface area contributed by atoms with Gasteiger partial charge in [0.15, 0.2) is 0 Å². The lowest BCUT2D eigenvalue weighted by atomic mass is 10.2. The molecule has 84 valence electrons. The van der Waals surface area contributed by atoms with Crippen molar-refractivity contribution in [3.05, 3.63) is 53.9 Å². The molecule has 2 rings (SSSR count). The van der Waals surface area contributed by atoms with Crippen LogP contribution < -0.4 is 4.74 Å². The zero-order chi connectivity index (χ0) is 11.4. The van der Waals surface area contributed by atoms with E-state index in [0.29, 0.717) is 0 Å². The molecular formula is C13H15NO2. The Kier molecular flexibility index (Phi) is 3.27. The molecule has 0 saturated heterocycles. The molecule has 0 spiro atoms. The Morgan fingerprint density at radius 3 is 2.81 bits per heavy atom. The van der Waals surface area contributed by atoms with E-state index < -0.39 is 0 Å². The zero-order valence-electron chi connectivity index (χ0n) is 9.26. The van der Waals surface area contributed by atoms with Crippen molar-refractivity contribution >= 4 is 0 Å². The summed E-state index contributed by atoms with van der Waals surface area (Å²) in [7, 11) is 1.67. The van der Waals surface area contributed by atoms with Crippen molar-refractivity contribution in [2.45, 2.75) is 13.2 Å². The maximum atomic E-state index is 8.97. The smallest absolute Gasteiger partial charge is 0.119 e. The van der Waals surface area contributed by atoms with Crippen molar-refractivity contribution in [2.24, 2.45) is 0 Å². The van der Waals surface area contributed by atoms with Gasteiger partial charge in [0.05, 0.1) is 13.7 Å². The molecule has 3 heteroatoms. The van der Waals surface area contributed by atoms with Gasteiger partial charge in [-0.2, -0.15) is 0 Å². The third-order valence-corrected chi connectivity index (χ3v) is 2.49. The van der Waals surface area contributed by atoms with E-state index in [2.05, 4.69) is 6.07 Å². The van der Waals surface area contributed by atoms with Gasteiger partial charge in [0, 0.05) is 18.9 Å². The normalized spacial score (nSPS) is 10.4. The number of methoxy groups -OCH3 is 1. The SMILES string of the molecule is COc1cccc(Cn2ccc(CO)c2)c1. The van der Waals surface area contributed by atoms with Gasteiger partial charge in [0.1, 0.15) is 5.75 Å². The molecule has 3 nitrogen and oxygen atoms in total. The van der Waals surface area contributed by atoms with Crippen LogP contribution in [0.4, 0.5) is 0 Å². The second-order valence-corrected chi connectivity index (χ2v) is 3.70. The number of benzene rings is 1. The van der Waals surface area contributed by atoms with Gasteiger partial charge in [-0.1, -0.05) is 12.1 Å². The first-order valence-electron chi connectivity index (χ1n) is 5.20. The number of aliphatic hydroxyl groups excluding tert-OH is 1. The Morgan fingerprint density at radius 2 is 2.12 bits per heavy atom. The number of aliphatic hydroxyl groups is 1. The summed E-state index contributed by atoms with van der Waals surface area (Å²) in [5, 5.41) is 8.97. The van der Waals surface area contributed by atoms with Crippen molar-refractivity contribution in [1.29, 1.82) is 0 Å². The van der Waals surface area contributed by atoms with Gasteiger partial charge in [-0.3, -0.25) is 0 Å². The molecule has 0 radical (unpaired) electrons. The first-order chi connectivity index (χ1) is 7.81. The zero-order valence-corrected chi connectivity index (χ0v) is 9.26. The van der Waals surface area contributed by atoms with Crippen molar-refractivity contribution in [2.75, 3.05) is 7.11 Å².